The van der Waals surface area contributed by atoms with Crippen LogP contribution in [0.3, 0.4) is 0 Å². The van der Waals surface area contributed by atoms with Crippen molar-refractivity contribution in [1.29, 1.82) is 5.26 Å². The number of hydrogen-bond acceptors (Lipinski definition) is 4. The fourth-order valence-corrected chi connectivity index (χ4v) is 1.54. The third-order valence-corrected chi connectivity index (χ3v) is 2.71. The fraction of sp³-hybridized carbons (Fsp3) is 0. The number of nitrogens with zero attached hydrogens (tertiary/aromatic N) is 1. The Hall–Kier alpha value is -1.87. The van der Waals surface area contributed by atoms with Gasteiger partial charge >= 0.3 is 6.41 Å². The van der Waals surface area contributed by atoms with Crippen LogP contribution in [0.2, 0.25) is 0 Å². The zero-order valence-electron chi connectivity index (χ0n) is 6.89. The highest BCUT2D eigenvalue weighted by Gasteiger charge is 2.12. The molecule has 0 aromatic heterocycles. The number of sulfonamides is 1. The Morgan fingerprint density at radius 3 is 2.21 bits per heavy atom. The predicted octanol–water partition coefficient (Wildman–Crippen LogP) is -0.0962. The number of carbonyl (C=O) groups excluding carboxylic acids is 1. The first-order chi connectivity index (χ1) is 6.60. The number of rotatable bonds is 3. The molecule has 6 heteroatoms. The molecule has 0 spiro atoms. The maximum Gasteiger partial charge on any atom is 0.324 e. The van der Waals surface area contributed by atoms with Crippen molar-refractivity contribution in [1.82, 2.24) is 4.72 Å². The topological polar surface area (TPSA) is 87.0 Å². The Balaban J connectivity index is 3.11. The molecule has 5 nitrogen and oxygen atoms in total. The standard InChI is InChI=1S/C8H5N2O3S/c9-5-7-1-3-8(4-2-7)14(12,13)10-6-11/h1-4H,(H,10,11). The first-order valence-electron chi connectivity index (χ1n) is 3.49. The molecular weight excluding hydrogens is 204 g/mol. The molecule has 1 N–H and O–H groups in total. The second kappa shape index (κ2) is 3.89. The normalized spacial score (nSPS) is 10.2. The van der Waals surface area contributed by atoms with Crippen LogP contribution in [-0.4, -0.2) is 14.8 Å². The number of amides is 1. The largest absolute Gasteiger partial charge is 0.324 e. The lowest BCUT2D eigenvalue weighted by Gasteiger charge is -2.00. The second-order valence-electron chi connectivity index (χ2n) is 2.34. The van der Waals surface area contributed by atoms with Crippen LogP contribution in [0.15, 0.2) is 29.2 Å². The maximum atomic E-state index is 11.2. The average Bonchev–Trinajstić information content (AvgIpc) is 2.18. The average molecular weight is 209 g/mol. The van der Waals surface area contributed by atoms with Crippen molar-refractivity contribution in [3.63, 3.8) is 0 Å². The van der Waals surface area contributed by atoms with Gasteiger partial charge in [0.05, 0.1) is 16.5 Å². The van der Waals surface area contributed by atoms with Crippen LogP contribution in [0.5, 0.6) is 0 Å². The molecule has 0 bridgehead atoms. The van der Waals surface area contributed by atoms with E-state index in [1.54, 1.807) is 4.72 Å². The predicted molar refractivity (Wildman–Crippen MR) is 47.2 cm³/mol. The van der Waals surface area contributed by atoms with Gasteiger partial charge in [0.15, 0.2) is 0 Å². The monoisotopic (exact) mass is 209 g/mol. The van der Waals surface area contributed by atoms with E-state index in [4.69, 9.17) is 5.26 Å². The molecule has 0 unspecified atom stereocenters. The number of benzene rings is 1. The van der Waals surface area contributed by atoms with Crippen LogP contribution in [0, 0.1) is 11.3 Å². The SMILES string of the molecule is N#Cc1ccc(S(=O)(=O)N[C]=O)cc1. The van der Waals surface area contributed by atoms with Gasteiger partial charge in [-0.1, -0.05) is 0 Å². The Bertz CT molecular complexity index is 470. The molecule has 0 aliphatic heterocycles. The van der Waals surface area contributed by atoms with Crippen LogP contribution < -0.4 is 4.72 Å². The first kappa shape index (κ1) is 10.2. The van der Waals surface area contributed by atoms with Gasteiger partial charge in [-0.3, -0.25) is 4.79 Å². The molecular formula is C8H5N2O3S. The highest BCUT2D eigenvalue weighted by Crippen LogP contribution is 2.08. The third-order valence-electron chi connectivity index (χ3n) is 1.47. The van der Waals surface area contributed by atoms with Gasteiger partial charge in [-0.25, -0.2) is 13.1 Å². The zero-order valence-corrected chi connectivity index (χ0v) is 7.71. The molecule has 0 atom stereocenters. The number of hydrogen-bond donors (Lipinski definition) is 1. The molecule has 0 aliphatic carbocycles. The minimum absolute atomic E-state index is 0.0835. The molecule has 1 amide bonds. The van der Waals surface area contributed by atoms with Gasteiger partial charge in [0.25, 0.3) is 10.0 Å². The van der Waals surface area contributed by atoms with E-state index in [2.05, 4.69) is 0 Å². The Kier molecular flexibility index (Phi) is 2.84. The summed E-state index contributed by atoms with van der Waals surface area (Å²) in [6.07, 6.45) is 1.08. The van der Waals surface area contributed by atoms with Gasteiger partial charge in [-0.2, -0.15) is 5.26 Å². The molecule has 1 radical (unpaired) electrons. The molecule has 0 saturated heterocycles. The molecule has 1 aromatic rings. The van der Waals surface area contributed by atoms with E-state index >= 15 is 0 Å². The summed E-state index contributed by atoms with van der Waals surface area (Å²) in [5.74, 6) is 0. The summed E-state index contributed by atoms with van der Waals surface area (Å²) in [5.41, 5.74) is 0.346. The molecule has 0 aliphatic rings. The summed E-state index contributed by atoms with van der Waals surface area (Å²) in [7, 11) is -3.82. The maximum absolute atomic E-state index is 11.2. The minimum atomic E-state index is -3.82. The summed E-state index contributed by atoms with van der Waals surface area (Å²) in [4.78, 5) is 9.77. The number of nitrogens with one attached hydrogen (secondary N) is 1. The molecule has 71 valence electrons. The van der Waals surface area contributed by atoms with Crippen LogP contribution >= 0.6 is 0 Å². The lowest BCUT2D eigenvalue weighted by Crippen LogP contribution is -2.21. The van der Waals surface area contributed by atoms with E-state index in [0.29, 0.717) is 5.56 Å². The van der Waals surface area contributed by atoms with E-state index in [9.17, 15) is 13.2 Å². The summed E-state index contributed by atoms with van der Waals surface area (Å²) in [5, 5.41) is 8.46. The van der Waals surface area contributed by atoms with Crippen LogP contribution in [0.1, 0.15) is 5.56 Å². The minimum Gasteiger partial charge on any atom is -0.262 e. The Morgan fingerprint density at radius 1 is 1.21 bits per heavy atom. The summed E-state index contributed by atoms with van der Waals surface area (Å²) >= 11 is 0. The molecule has 0 saturated carbocycles. The van der Waals surface area contributed by atoms with Gasteiger partial charge in [-0.15, -0.1) is 0 Å². The zero-order chi connectivity index (χ0) is 10.6. The lowest BCUT2D eigenvalue weighted by atomic mass is 10.2. The van der Waals surface area contributed by atoms with Crippen molar-refractivity contribution in [2.75, 3.05) is 0 Å². The van der Waals surface area contributed by atoms with Gasteiger partial charge in [0.2, 0.25) is 0 Å². The van der Waals surface area contributed by atoms with Crippen molar-refractivity contribution < 1.29 is 13.2 Å². The number of nitriles is 1. The first-order valence-corrected chi connectivity index (χ1v) is 4.97. The third kappa shape index (κ3) is 2.08. The molecule has 14 heavy (non-hydrogen) atoms. The quantitative estimate of drug-likeness (QED) is 0.704. The smallest absolute Gasteiger partial charge is 0.262 e. The van der Waals surface area contributed by atoms with Crippen molar-refractivity contribution in [2.24, 2.45) is 0 Å². The van der Waals surface area contributed by atoms with E-state index in [0.717, 1.165) is 6.41 Å². The molecule has 1 aromatic carbocycles. The van der Waals surface area contributed by atoms with Crippen molar-refractivity contribution in [2.45, 2.75) is 4.90 Å². The van der Waals surface area contributed by atoms with E-state index in [1.807, 2.05) is 6.07 Å². The van der Waals surface area contributed by atoms with Crippen molar-refractivity contribution in [3.05, 3.63) is 29.8 Å². The van der Waals surface area contributed by atoms with Crippen molar-refractivity contribution >= 4 is 16.4 Å². The van der Waals surface area contributed by atoms with Crippen LogP contribution in [0.4, 0.5) is 0 Å². The fourth-order valence-electron chi connectivity index (χ4n) is 0.822. The van der Waals surface area contributed by atoms with Gasteiger partial charge in [0, 0.05) is 0 Å². The second-order valence-corrected chi connectivity index (χ2v) is 4.03. The summed E-state index contributed by atoms with van der Waals surface area (Å²) < 4.78 is 23.9. The highest BCUT2D eigenvalue weighted by atomic mass is 32.2. The Morgan fingerprint density at radius 2 is 1.79 bits per heavy atom. The van der Waals surface area contributed by atoms with E-state index < -0.39 is 10.0 Å². The highest BCUT2D eigenvalue weighted by molar-refractivity contribution is 7.90. The van der Waals surface area contributed by atoms with Crippen LogP contribution in [0.25, 0.3) is 0 Å². The Labute approximate surface area is 81.0 Å². The lowest BCUT2D eigenvalue weighted by molar-refractivity contribution is 0.547. The van der Waals surface area contributed by atoms with E-state index in [-0.39, 0.29) is 4.90 Å². The molecule has 0 fully saturated rings. The summed E-state index contributed by atoms with van der Waals surface area (Å²) in [6, 6.07) is 7.01. The molecule has 1 rings (SSSR count). The molecule has 0 heterocycles. The van der Waals surface area contributed by atoms with Gasteiger partial charge < -0.3 is 0 Å². The summed E-state index contributed by atoms with van der Waals surface area (Å²) in [6.45, 7) is 0. The van der Waals surface area contributed by atoms with Crippen LogP contribution in [-0.2, 0) is 14.8 Å². The van der Waals surface area contributed by atoms with E-state index in [1.165, 1.54) is 24.3 Å². The van der Waals surface area contributed by atoms with Gasteiger partial charge in [0.1, 0.15) is 0 Å². The van der Waals surface area contributed by atoms with Crippen molar-refractivity contribution in [3.8, 4) is 6.07 Å². The van der Waals surface area contributed by atoms with Gasteiger partial charge in [-0.05, 0) is 24.3 Å².